The molecule has 0 saturated heterocycles. The van der Waals surface area contributed by atoms with Gasteiger partial charge < -0.3 is 5.73 Å². The van der Waals surface area contributed by atoms with Gasteiger partial charge in [0.2, 0.25) is 0 Å². The zero-order chi connectivity index (χ0) is 23.8. The van der Waals surface area contributed by atoms with Crippen molar-refractivity contribution in [2.45, 2.75) is 18.4 Å². The molecule has 4 aromatic rings. The predicted molar refractivity (Wildman–Crippen MR) is 118 cm³/mol. The number of nitrogen functional groups attached to an aromatic ring is 1. The summed E-state index contributed by atoms with van der Waals surface area (Å²) in [7, 11) is -4.61. The number of pyridine rings is 1. The van der Waals surface area contributed by atoms with Gasteiger partial charge in [0.15, 0.2) is 5.82 Å². The molecule has 0 unspecified atom stereocenters. The Kier molecular flexibility index (Phi) is 5.81. The molecule has 0 spiro atoms. The molecular formula is C22H18F3N5O2S. The maximum Gasteiger partial charge on any atom is 0.265 e. The van der Waals surface area contributed by atoms with E-state index in [9.17, 15) is 17.2 Å². The molecule has 0 bridgehead atoms. The smallest absolute Gasteiger partial charge is 0.265 e. The van der Waals surface area contributed by atoms with E-state index in [-0.39, 0.29) is 17.1 Å². The molecule has 33 heavy (non-hydrogen) atoms. The summed E-state index contributed by atoms with van der Waals surface area (Å²) in [5.74, 6) is -2.78. The number of anilines is 2. The quantitative estimate of drug-likeness (QED) is 0.431. The Balaban J connectivity index is 1.80. The fourth-order valence-electron chi connectivity index (χ4n) is 3.29. The Labute approximate surface area is 187 Å². The first-order chi connectivity index (χ1) is 15.7. The predicted octanol–water partition coefficient (Wildman–Crippen LogP) is 4.43. The standard InChI is InChI=1S/C22H18F3N5O2S/c1-2-30-12-16(13-8-9-27-20(26)10-13)22(28-30)15-4-3-5-18(21(15)25)29-33(31,32)19-11-14(23)6-7-17(19)24/h3-12,29H,2H2,1H3,(H2,26,27). The second kappa shape index (κ2) is 8.58. The second-order valence-corrected chi connectivity index (χ2v) is 8.71. The van der Waals surface area contributed by atoms with Crippen molar-refractivity contribution in [1.29, 1.82) is 0 Å². The lowest BCUT2D eigenvalue weighted by Crippen LogP contribution is -2.16. The minimum Gasteiger partial charge on any atom is -0.384 e. The molecule has 2 aromatic heterocycles. The second-order valence-electron chi connectivity index (χ2n) is 7.06. The van der Waals surface area contributed by atoms with Crippen LogP contribution in [0.15, 0.2) is 65.8 Å². The SMILES string of the molecule is CCn1cc(-c2ccnc(N)c2)c(-c2cccc(NS(=O)(=O)c3cc(F)ccc3F)c2F)n1. The van der Waals surface area contributed by atoms with Crippen molar-refractivity contribution in [3.05, 3.63) is 78.4 Å². The number of hydrogen-bond donors (Lipinski definition) is 2. The van der Waals surface area contributed by atoms with E-state index in [0.717, 1.165) is 6.07 Å². The molecule has 0 aliphatic heterocycles. The number of halogens is 3. The van der Waals surface area contributed by atoms with Crippen molar-refractivity contribution in [1.82, 2.24) is 14.8 Å². The number of aromatic nitrogens is 3. The Morgan fingerprint density at radius 3 is 2.58 bits per heavy atom. The first-order valence-corrected chi connectivity index (χ1v) is 11.2. The van der Waals surface area contributed by atoms with Gasteiger partial charge in [0.05, 0.1) is 5.69 Å². The van der Waals surface area contributed by atoms with E-state index < -0.39 is 38.1 Å². The fourth-order valence-corrected chi connectivity index (χ4v) is 4.44. The van der Waals surface area contributed by atoms with Crippen LogP contribution in [0, 0.1) is 17.5 Å². The van der Waals surface area contributed by atoms with Crippen molar-refractivity contribution >= 4 is 21.5 Å². The van der Waals surface area contributed by atoms with Gasteiger partial charge in [0.1, 0.15) is 28.0 Å². The maximum absolute atomic E-state index is 15.5. The molecule has 0 saturated carbocycles. The average Bonchev–Trinajstić information content (AvgIpc) is 3.21. The van der Waals surface area contributed by atoms with Crippen molar-refractivity contribution in [2.24, 2.45) is 0 Å². The van der Waals surface area contributed by atoms with Gasteiger partial charge >= 0.3 is 0 Å². The zero-order valence-corrected chi connectivity index (χ0v) is 18.1. The van der Waals surface area contributed by atoms with E-state index in [2.05, 4.69) is 10.1 Å². The third-order valence-corrected chi connectivity index (χ3v) is 6.24. The van der Waals surface area contributed by atoms with Crippen molar-refractivity contribution < 1.29 is 21.6 Å². The number of nitrogens with zero attached hydrogens (tertiary/aromatic N) is 3. The van der Waals surface area contributed by atoms with Crippen LogP contribution in [0.4, 0.5) is 24.7 Å². The van der Waals surface area contributed by atoms with E-state index in [0.29, 0.717) is 29.8 Å². The molecule has 2 aromatic carbocycles. The normalized spacial score (nSPS) is 11.5. The molecule has 3 N–H and O–H groups in total. The van der Waals surface area contributed by atoms with Crippen LogP contribution in [-0.2, 0) is 16.6 Å². The summed E-state index contributed by atoms with van der Waals surface area (Å²) in [5, 5.41) is 4.42. The average molecular weight is 473 g/mol. The van der Waals surface area contributed by atoms with E-state index in [4.69, 9.17) is 5.73 Å². The molecule has 0 atom stereocenters. The molecule has 11 heteroatoms. The molecule has 7 nitrogen and oxygen atoms in total. The van der Waals surface area contributed by atoms with Crippen LogP contribution in [0.5, 0.6) is 0 Å². The third-order valence-electron chi connectivity index (χ3n) is 4.86. The molecule has 0 amide bonds. The van der Waals surface area contributed by atoms with Crippen LogP contribution in [-0.4, -0.2) is 23.2 Å². The molecule has 0 aliphatic carbocycles. The van der Waals surface area contributed by atoms with Crippen LogP contribution in [0.2, 0.25) is 0 Å². The maximum atomic E-state index is 15.5. The number of aryl methyl sites for hydroxylation is 1. The number of benzene rings is 2. The lowest BCUT2D eigenvalue weighted by Gasteiger charge is -2.12. The van der Waals surface area contributed by atoms with E-state index in [1.54, 1.807) is 23.0 Å². The minimum atomic E-state index is -4.61. The van der Waals surface area contributed by atoms with Gasteiger partial charge in [-0.3, -0.25) is 9.40 Å². The highest BCUT2D eigenvalue weighted by molar-refractivity contribution is 7.92. The Hall–Kier alpha value is -3.86. The van der Waals surface area contributed by atoms with Crippen LogP contribution < -0.4 is 10.5 Å². The fraction of sp³-hybridized carbons (Fsp3) is 0.0909. The highest BCUT2D eigenvalue weighted by Crippen LogP contribution is 2.35. The third kappa shape index (κ3) is 4.40. The topological polar surface area (TPSA) is 103 Å². The summed E-state index contributed by atoms with van der Waals surface area (Å²) in [6.45, 7) is 2.36. The molecule has 170 valence electrons. The van der Waals surface area contributed by atoms with Crippen molar-refractivity contribution in [3.63, 3.8) is 0 Å². The van der Waals surface area contributed by atoms with E-state index in [1.807, 2.05) is 11.6 Å². The van der Waals surface area contributed by atoms with Gasteiger partial charge in [-0.05, 0) is 55.0 Å². The minimum absolute atomic E-state index is 0.00694. The van der Waals surface area contributed by atoms with Crippen molar-refractivity contribution in [3.8, 4) is 22.4 Å². The number of nitrogens with one attached hydrogen (secondary N) is 1. The summed E-state index contributed by atoms with van der Waals surface area (Å²) in [6.07, 6.45) is 3.22. The van der Waals surface area contributed by atoms with Gasteiger partial charge in [-0.25, -0.2) is 26.6 Å². The number of rotatable bonds is 6. The summed E-state index contributed by atoms with van der Waals surface area (Å²) in [5.41, 5.74) is 6.79. The lowest BCUT2D eigenvalue weighted by atomic mass is 10.0. The van der Waals surface area contributed by atoms with Crippen molar-refractivity contribution in [2.75, 3.05) is 10.5 Å². The van der Waals surface area contributed by atoms with Gasteiger partial charge in [-0.1, -0.05) is 6.07 Å². The molecule has 0 radical (unpaired) electrons. The van der Waals surface area contributed by atoms with Crippen LogP contribution in [0.3, 0.4) is 0 Å². The summed E-state index contributed by atoms with van der Waals surface area (Å²) in [4.78, 5) is 3.02. The Bertz CT molecular complexity index is 1450. The highest BCUT2D eigenvalue weighted by atomic mass is 32.2. The van der Waals surface area contributed by atoms with E-state index >= 15 is 4.39 Å². The summed E-state index contributed by atoms with van der Waals surface area (Å²) < 4.78 is 71.9. The first kappa shape index (κ1) is 22.3. The number of nitrogens with two attached hydrogens (primary N) is 1. The number of hydrogen-bond acceptors (Lipinski definition) is 5. The highest BCUT2D eigenvalue weighted by Gasteiger charge is 2.24. The molecule has 2 heterocycles. The molecule has 4 rings (SSSR count). The van der Waals surface area contributed by atoms with Crippen LogP contribution >= 0.6 is 0 Å². The van der Waals surface area contributed by atoms with E-state index in [1.165, 1.54) is 24.4 Å². The molecule has 0 fully saturated rings. The van der Waals surface area contributed by atoms with Crippen LogP contribution in [0.25, 0.3) is 22.4 Å². The Morgan fingerprint density at radius 2 is 1.85 bits per heavy atom. The molecular weight excluding hydrogens is 455 g/mol. The van der Waals surface area contributed by atoms with Gasteiger partial charge in [-0.2, -0.15) is 5.10 Å². The summed E-state index contributed by atoms with van der Waals surface area (Å²) in [6, 6.07) is 9.32. The lowest BCUT2D eigenvalue weighted by molar-refractivity contribution is 0.555. The van der Waals surface area contributed by atoms with Gasteiger partial charge in [0.25, 0.3) is 10.0 Å². The molecule has 0 aliphatic rings. The van der Waals surface area contributed by atoms with Crippen LogP contribution in [0.1, 0.15) is 6.92 Å². The number of sulfonamides is 1. The summed E-state index contributed by atoms with van der Waals surface area (Å²) >= 11 is 0. The first-order valence-electron chi connectivity index (χ1n) is 9.75. The van der Waals surface area contributed by atoms with Gasteiger partial charge in [-0.15, -0.1) is 0 Å². The van der Waals surface area contributed by atoms with Gasteiger partial charge in [0, 0.05) is 30.1 Å². The zero-order valence-electron chi connectivity index (χ0n) is 17.3. The monoisotopic (exact) mass is 473 g/mol. The Morgan fingerprint density at radius 1 is 1.06 bits per heavy atom. The largest absolute Gasteiger partial charge is 0.384 e.